The Hall–Kier alpha value is -1.57. The molecule has 0 spiro atoms. The van der Waals surface area contributed by atoms with Crippen molar-refractivity contribution in [1.82, 2.24) is 0 Å². The number of aryl methyl sites for hydroxylation is 4. The molecule has 0 aromatic heterocycles. The van der Waals surface area contributed by atoms with E-state index in [4.69, 9.17) is 19.7 Å². The van der Waals surface area contributed by atoms with Crippen molar-refractivity contribution in [2.45, 2.75) is 66.6 Å². The lowest BCUT2D eigenvalue weighted by Gasteiger charge is -2.24. The molecule has 0 unspecified atom stereocenters. The largest absolute Gasteiger partial charge is 0.485 e. The molecule has 2 aromatic rings. The van der Waals surface area contributed by atoms with Crippen LogP contribution in [-0.4, -0.2) is 34.0 Å². The van der Waals surface area contributed by atoms with Crippen LogP contribution in [0.15, 0.2) is 33.2 Å². The van der Waals surface area contributed by atoms with Crippen molar-refractivity contribution in [2.75, 3.05) is 6.61 Å². The summed E-state index contributed by atoms with van der Waals surface area (Å²) in [5.41, 5.74) is 2.57. The molecule has 2 rings (SSSR count). The minimum absolute atomic E-state index is 0.00115. The molecule has 2 aromatic carbocycles. The van der Waals surface area contributed by atoms with Crippen LogP contribution in [0.25, 0.3) is 0 Å². The monoisotopic (exact) mass is 558 g/mol. The second kappa shape index (κ2) is 10.8. The fourth-order valence-electron chi connectivity index (χ4n) is 2.62. The maximum atomic E-state index is 10.9. The van der Waals surface area contributed by atoms with Gasteiger partial charge in [-0.25, -0.2) is 4.79 Å². The second-order valence-electron chi connectivity index (χ2n) is 8.68. The summed E-state index contributed by atoms with van der Waals surface area (Å²) < 4.78 is 13.3. The SMILES string of the molecule is Cc1cc(OC(C)(C)C(=O)O)cc(C)c1Br.Cc1cc(OC(C)(C)CO)cc(C)c1Br. The zero-order chi connectivity index (χ0) is 24.1. The summed E-state index contributed by atoms with van der Waals surface area (Å²) in [5.74, 6) is 0.392. The van der Waals surface area contributed by atoms with Crippen LogP contribution in [0.3, 0.4) is 0 Å². The summed E-state index contributed by atoms with van der Waals surface area (Å²) in [6, 6.07) is 7.58. The Kier molecular flexibility index (Phi) is 9.60. The van der Waals surface area contributed by atoms with Crippen LogP contribution >= 0.6 is 31.9 Å². The molecule has 5 nitrogen and oxygen atoms in total. The molecule has 0 amide bonds. The van der Waals surface area contributed by atoms with E-state index in [9.17, 15) is 4.79 Å². The maximum Gasteiger partial charge on any atom is 0.347 e. The average Bonchev–Trinajstić information content (AvgIpc) is 2.64. The Morgan fingerprint density at radius 2 is 1.13 bits per heavy atom. The molecule has 0 saturated carbocycles. The van der Waals surface area contributed by atoms with Gasteiger partial charge in [0.2, 0.25) is 0 Å². The van der Waals surface area contributed by atoms with Gasteiger partial charge in [0.05, 0.1) is 6.61 Å². The fraction of sp³-hybridized carbons (Fsp3) is 0.458. The molecule has 0 saturated heterocycles. The Balaban J connectivity index is 0.000000311. The van der Waals surface area contributed by atoms with Crippen molar-refractivity contribution in [3.8, 4) is 11.5 Å². The summed E-state index contributed by atoms with van der Waals surface area (Å²) in [7, 11) is 0. The summed E-state index contributed by atoms with van der Waals surface area (Å²) in [6.45, 7) is 14.7. The molecule has 31 heavy (non-hydrogen) atoms. The van der Waals surface area contributed by atoms with E-state index in [0.717, 1.165) is 36.9 Å². The minimum Gasteiger partial charge on any atom is -0.485 e. The maximum absolute atomic E-state index is 10.9. The van der Waals surface area contributed by atoms with Crippen molar-refractivity contribution in [3.05, 3.63) is 55.5 Å². The molecule has 0 aliphatic carbocycles. The van der Waals surface area contributed by atoms with Crippen molar-refractivity contribution in [1.29, 1.82) is 0 Å². The molecule has 0 fully saturated rings. The van der Waals surface area contributed by atoms with Crippen molar-refractivity contribution >= 4 is 37.8 Å². The number of aliphatic hydroxyl groups excluding tert-OH is 1. The predicted octanol–water partition coefficient (Wildman–Crippen LogP) is 6.52. The Morgan fingerprint density at radius 1 is 0.806 bits per heavy atom. The first-order valence-corrected chi connectivity index (χ1v) is 11.4. The van der Waals surface area contributed by atoms with Gasteiger partial charge in [-0.2, -0.15) is 0 Å². The number of carboxylic acid groups (broad SMARTS) is 1. The Labute approximate surface area is 202 Å². The molecular formula is C24H32Br2O5. The first-order valence-electron chi connectivity index (χ1n) is 9.85. The van der Waals surface area contributed by atoms with Crippen molar-refractivity contribution < 1.29 is 24.5 Å². The van der Waals surface area contributed by atoms with Gasteiger partial charge in [0.25, 0.3) is 0 Å². The first kappa shape index (κ1) is 27.5. The number of aliphatic carboxylic acids is 1. The van der Waals surface area contributed by atoms with E-state index in [2.05, 4.69) is 31.9 Å². The van der Waals surface area contributed by atoms with E-state index in [1.54, 1.807) is 0 Å². The van der Waals surface area contributed by atoms with Gasteiger partial charge in [0.15, 0.2) is 5.60 Å². The summed E-state index contributed by atoms with van der Waals surface area (Å²) >= 11 is 6.95. The molecule has 0 atom stereocenters. The number of aliphatic hydroxyl groups is 1. The molecule has 172 valence electrons. The van der Waals surface area contributed by atoms with Crippen LogP contribution in [-0.2, 0) is 4.79 Å². The Bertz CT molecular complexity index is 890. The number of halogens is 2. The van der Waals surface area contributed by atoms with E-state index >= 15 is 0 Å². The van der Waals surface area contributed by atoms with Gasteiger partial charge in [-0.3, -0.25) is 0 Å². The highest BCUT2D eigenvalue weighted by atomic mass is 79.9. The van der Waals surface area contributed by atoms with Crippen molar-refractivity contribution in [2.24, 2.45) is 0 Å². The number of carbonyl (C=O) groups is 1. The van der Waals surface area contributed by atoms with Gasteiger partial charge in [0.1, 0.15) is 17.1 Å². The van der Waals surface area contributed by atoms with Crippen LogP contribution in [0.4, 0.5) is 0 Å². The molecule has 0 aliphatic heterocycles. The number of hydrogen-bond acceptors (Lipinski definition) is 4. The van der Waals surface area contributed by atoms with Gasteiger partial charge >= 0.3 is 5.97 Å². The van der Waals surface area contributed by atoms with Crippen molar-refractivity contribution in [3.63, 3.8) is 0 Å². The van der Waals surface area contributed by atoms with Gasteiger partial charge < -0.3 is 19.7 Å². The number of hydrogen-bond donors (Lipinski definition) is 2. The van der Waals surface area contributed by atoms with E-state index in [1.165, 1.54) is 13.8 Å². The summed E-state index contributed by atoms with van der Waals surface area (Å²) in [5, 5.41) is 18.1. The highest BCUT2D eigenvalue weighted by Gasteiger charge is 2.29. The van der Waals surface area contributed by atoms with Crippen LogP contribution in [0.2, 0.25) is 0 Å². The van der Waals surface area contributed by atoms with Gasteiger partial charge in [-0.1, -0.05) is 31.9 Å². The second-order valence-corrected chi connectivity index (χ2v) is 10.3. The zero-order valence-electron chi connectivity index (χ0n) is 19.4. The standard InChI is InChI=1S/C12H15BrO3.C12H17BrO2/c1-7-5-9(6-8(2)10(7)13)16-12(3,4)11(14)15;1-8-5-10(6-9(2)11(8)13)15-12(3,4)7-14/h5-6H,1-4H3,(H,14,15);5-6,14H,7H2,1-4H3. The molecule has 0 heterocycles. The number of ether oxygens (including phenoxy) is 2. The van der Waals surface area contributed by atoms with E-state index in [1.807, 2.05) is 65.8 Å². The normalized spacial score (nSPS) is 11.5. The van der Waals surface area contributed by atoms with Crippen LogP contribution < -0.4 is 9.47 Å². The molecule has 7 heteroatoms. The molecule has 2 N–H and O–H groups in total. The number of carboxylic acids is 1. The number of rotatable bonds is 6. The molecule has 0 radical (unpaired) electrons. The van der Waals surface area contributed by atoms with E-state index in [0.29, 0.717) is 5.75 Å². The number of benzene rings is 2. The highest BCUT2D eigenvalue weighted by molar-refractivity contribution is 9.10. The molecule has 0 bridgehead atoms. The topological polar surface area (TPSA) is 76.0 Å². The van der Waals surface area contributed by atoms with Crippen LogP contribution in [0, 0.1) is 27.7 Å². The van der Waals surface area contributed by atoms with E-state index in [-0.39, 0.29) is 6.61 Å². The summed E-state index contributed by atoms with van der Waals surface area (Å²) in [4.78, 5) is 10.9. The zero-order valence-corrected chi connectivity index (χ0v) is 22.6. The van der Waals surface area contributed by atoms with Crippen LogP contribution in [0.1, 0.15) is 49.9 Å². The minimum atomic E-state index is -1.22. The quantitative estimate of drug-likeness (QED) is 0.421. The average molecular weight is 560 g/mol. The van der Waals surface area contributed by atoms with E-state index < -0.39 is 17.2 Å². The third-order valence-electron chi connectivity index (χ3n) is 4.48. The smallest absolute Gasteiger partial charge is 0.347 e. The molecule has 0 aliphatic rings. The third-order valence-corrected chi connectivity index (χ3v) is 6.98. The molecular weight excluding hydrogens is 528 g/mol. The lowest BCUT2D eigenvalue weighted by atomic mass is 10.1. The highest BCUT2D eigenvalue weighted by Crippen LogP contribution is 2.29. The van der Waals surface area contributed by atoms with Gasteiger partial charge in [0, 0.05) is 8.95 Å². The Morgan fingerprint density at radius 3 is 1.42 bits per heavy atom. The lowest BCUT2D eigenvalue weighted by molar-refractivity contribution is -0.152. The third kappa shape index (κ3) is 8.13. The van der Waals surface area contributed by atoms with Gasteiger partial charge in [-0.05, 0) is 102 Å². The predicted molar refractivity (Wildman–Crippen MR) is 131 cm³/mol. The fourth-order valence-corrected chi connectivity index (χ4v) is 3.08. The van der Waals surface area contributed by atoms with Gasteiger partial charge in [-0.15, -0.1) is 0 Å². The lowest BCUT2D eigenvalue weighted by Crippen LogP contribution is -2.37. The first-order chi connectivity index (χ1) is 14.1. The van der Waals surface area contributed by atoms with Crippen LogP contribution in [0.5, 0.6) is 11.5 Å². The summed E-state index contributed by atoms with van der Waals surface area (Å²) in [6.07, 6.45) is 0.